The summed E-state index contributed by atoms with van der Waals surface area (Å²) < 4.78 is 1.61. The van der Waals surface area contributed by atoms with Crippen molar-refractivity contribution in [2.75, 3.05) is 0 Å². The molecule has 6 nitrogen and oxygen atoms in total. The molecule has 0 radical (unpaired) electrons. The van der Waals surface area contributed by atoms with Crippen molar-refractivity contribution in [1.29, 1.82) is 0 Å². The van der Waals surface area contributed by atoms with Crippen LogP contribution >= 0.6 is 11.8 Å². The van der Waals surface area contributed by atoms with Crippen molar-refractivity contribution in [3.63, 3.8) is 0 Å². The van der Waals surface area contributed by atoms with Crippen LogP contribution in [0.4, 0.5) is 0 Å². The first-order valence-corrected chi connectivity index (χ1v) is 6.75. The lowest BCUT2D eigenvalue weighted by Gasteiger charge is -2.08. The molecular formula is C11H13N5OS. The summed E-state index contributed by atoms with van der Waals surface area (Å²) in [6.45, 7) is 1.86. The predicted octanol–water partition coefficient (Wildman–Crippen LogP) is 0.883. The van der Waals surface area contributed by atoms with E-state index in [0.29, 0.717) is 17.0 Å². The number of nitrogens with one attached hydrogen (secondary N) is 1. The van der Waals surface area contributed by atoms with Crippen molar-refractivity contribution in [3.8, 4) is 0 Å². The van der Waals surface area contributed by atoms with Crippen LogP contribution < -0.4 is 5.32 Å². The van der Waals surface area contributed by atoms with Gasteiger partial charge in [0.2, 0.25) is 11.1 Å². The van der Waals surface area contributed by atoms with Gasteiger partial charge in [0.1, 0.15) is 0 Å². The molecule has 1 amide bonds. The fourth-order valence-electron chi connectivity index (χ4n) is 1.52. The molecule has 0 aromatic carbocycles. The van der Waals surface area contributed by atoms with Crippen LogP contribution in [0.1, 0.15) is 19.8 Å². The molecule has 7 heteroatoms. The molecule has 0 saturated heterocycles. The number of thioether (sulfide) groups is 1. The SMILES string of the molecule is C[C@@H](Sc1nc2ncccn2n1)C(=O)NC1CC1. The Labute approximate surface area is 108 Å². The minimum atomic E-state index is -0.192. The van der Waals surface area contributed by atoms with Crippen LogP contribution in [0.5, 0.6) is 0 Å². The van der Waals surface area contributed by atoms with E-state index >= 15 is 0 Å². The summed E-state index contributed by atoms with van der Waals surface area (Å²) in [5, 5.41) is 7.61. The third kappa shape index (κ3) is 2.45. The molecule has 1 N–H and O–H groups in total. The van der Waals surface area contributed by atoms with Crippen LogP contribution in [0.2, 0.25) is 0 Å². The predicted molar refractivity (Wildman–Crippen MR) is 67.3 cm³/mol. The second-order valence-corrected chi connectivity index (χ2v) is 5.61. The maximum Gasteiger partial charge on any atom is 0.253 e. The summed E-state index contributed by atoms with van der Waals surface area (Å²) in [5.41, 5.74) is 0. The van der Waals surface area contributed by atoms with Gasteiger partial charge in [0.15, 0.2) is 0 Å². The van der Waals surface area contributed by atoms with Gasteiger partial charge < -0.3 is 5.32 Å². The minimum absolute atomic E-state index is 0.0503. The van der Waals surface area contributed by atoms with Crippen molar-refractivity contribution >= 4 is 23.4 Å². The molecule has 0 aliphatic heterocycles. The van der Waals surface area contributed by atoms with E-state index in [0.717, 1.165) is 12.8 Å². The third-order valence-corrected chi connectivity index (χ3v) is 3.62. The van der Waals surface area contributed by atoms with E-state index in [4.69, 9.17) is 0 Å². The van der Waals surface area contributed by atoms with E-state index in [1.165, 1.54) is 11.8 Å². The Morgan fingerprint density at radius 1 is 1.61 bits per heavy atom. The molecule has 3 rings (SSSR count). The summed E-state index contributed by atoms with van der Waals surface area (Å²) in [5.74, 6) is 0.601. The number of rotatable bonds is 4. The van der Waals surface area contributed by atoms with Gasteiger partial charge in [-0.15, -0.1) is 5.10 Å². The Hall–Kier alpha value is -1.63. The van der Waals surface area contributed by atoms with Gasteiger partial charge in [0, 0.05) is 18.4 Å². The summed E-state index contributed by atoms with van der Waals surface area (Å²) in [7, 11) is 0. The highest BCUT2D eigenvalue weighted by molar-refractivity contribution is 8.00. The molecule has 2 aromatic rings. The number of nitrogens with zero attached hydrogens (tertiary/aromatic N) is 4. The number of hydrogen-bond donors (Lipinski definition) is 1. The zero-order chi connectivity index (χ0) is 12.5. The van der Waals surface area contributed by atoms with Crippen molar-refractivity contribution in [1.82, 2.24) is 24.9 Å². The van der Waals surface area contributed by atoms with E-state index in [2.05, 4.69) is 20.4 Å². The lowest BCUT2D eigenvalue weighted by Crippen LogP contribution is -2.32. The Bertz CT molecular complexity index is 547. The number of fused-ring (bicyclic) bond motifs is 1. The average Bonchev–Trinajstić information content (AvgIpc) is 3.07. The lowest BCUT2D eigenvalue weighted by molar-refractivity contribution is -0.120. The van der Waals surface area contributed by atoms with Crippen LogP contribution in [-0.2, 0) is 4.79 Å². The monoisotopic (exact) mass is 263 g/mol. The molecule has 0 unspecified atom stereocenters. The van der Waals surface area contributed by atoms with Gasteiger partial charge in [-0.1, -0.05) is 11.8 Å². The van der Waals surface area contributed by atoms with Crippen LogP contribution in [0.3, 0.4) is 0 Å². The Morgan fingerprint density at radius 2 is 2.44 bits per heavy atom. The first-order chi connectivity index (χ1) is 8.72. The minimum Gasteiger partial charge on any atom is -0.352 e. The van der Waals surface area contributed by atoms with E-state index in [-0.39, 0.29) is 11.2 Å². The van der Waals surface area contributed by atoms with Crippen LogP contribution in [0.15, 0.2) is 23.6 Å². The van der Waals surface area contributed by atoms with Crippen molar-refractivity contribution in [2.45, 2.75) is 36.2 Å². The van der Waals surface area contributed by atoms with Gasteiger partial charge in [-0.05, 0) is 25.8 Å². The summed E-state index contributed by atoms with van der Waals surface area (Å²) >= 11 is 1.35. The zero-order valence-corrected chi connectivity index (χ0v) is 10.7. The largest absolute Gasteiger partial charge is 0.352 e. The molecule has 1 fully saturated rings. The lowest BCUT2D eigenvalue weighted by atomic mass is 10.4. The molecule has 2 heterocycles. The van der Waals surface area contributed by atoms with Crippen LogP contribution in [-0.4, -0.2) is 36.8 Å². The van der Waals surface area contributed by atoms with Crippen LogP contribution in [0.25, 0.3) is 5.78 Å². The first kappa shape index (κ1) is 11.5. The highest BCUT2D eigenvalue weighted by atomic mass is 32.2. The van der Waals surface area contributed by atoms with Gasteiger partial charge in [-0.2, -0.15) is 4.98 Å². The second kappa shape index (κ2) is 4.56. The Kier molecular flexibility index (Phi) is 2.91. The first-order valence-electron chi connectivity index (χ1n) is 5.87. The topological polar surface area (TPSA) is 72.2 Å². The second-order valence-electron chi connectivity index (χ2n) is 4.30. The van der Waals surface area contributed by atoms with Gasteiger partial charge in [0.25, 0.3) is 5.78 Å². The summed E-state index contributed by atoms with van der Waals surface area (Å²) in [6.07, 6.45) is 5.65. The molecule has 1 saturated carbocycles. The van der Waals surface area contributed by atoms with Gasteiger partial charge >= 0.3 is 0 Å². The molecule has 0 spiro atoms. The van der Waals surface area contributed by atoms with Crippen molar-refractivity contribution in [2.24, 2.45) is 0 Å². The normalized spacial score (nSPS) is 16.7. The maximum absolute atomic E-state index is 11.8. The van der Waals surface area contributed by atoms with E-state index < -0.39 is 0 Å². The summed E-state index contributed by atoms with van der Waals surface area (Å²) in [6, 6.07) is 2.18. The van der Waals surface area contributed by atoms with E-state index in [1.54, 1.807) is 23.0 Å². The van der Waals surface area contributed by atoms with Crippen molar-refractivity contribution in [3.05, 3.63) is 18.5 Å². The number of amides is 1. The summed E-state index contributed by atoms with van der Waals surface area (Å²) in [4.78, 5) is 20.1. The standard InChI is InChI=1S/C11H13N5OS/c1-7(9(17)13-8-3-4-8)18-11-14-10-12-5-2-6-16(10)15-11/h2,5-8H,3-4H2,1H3,(H,13,17)/t7-/m1/s1. The van der Waals surface area contributed by atoms with E-state index in [9.17, 15) is 4.79 Å². The maximum atomic E-state index is 11.8. The molecule has 94 valence electrons. The number of carbonyl (C=O) groups is 1. The molecule has 1 aliphatic carbocycles. The smallest absolute Gasteiger partial charge is 0.253 e. The molecule has 1 atom stereocenters. The third-order valence-electron chi connectivity index (χ3n) is 2.67. The highest BCUT2D eigenvalue weighted by Gasteiger charge is 2.26. The van der Waals surface area contributed by atoms with E-state index in [1.807, 2.05) is 6.92 Å². The van der Waals surface area contributed by atoms with Crippen LogP contribution in [0, 0.1) is 0 Å². The molecule has 0 bridgehead atoms. The average molecular weight is 263 g/mol. The van der Waals surface area contributed by atoms with Gasteiger partial charge in [-0.25, -0.2) is 9.50 Å². The molecule has 1 aliphatic rings. The Balaban J connectivity index is 1.68. The molecule has 2 aromatic heterocycles. The quantitative estimate of drug-likeness (QED) is 0.829. The fraction of sp³-hybridized carbons (Fsp3) is 0.455. The Morgan fingerprint density at radius 3 is 3.17 bits per heavy atom. The molecular weight excluding hydrogens is 250 g/mol. The van der Waals surface area contributed by atoms with Gasteiger partial charge in [-0.3, -0.25) is 4.79 Å². The highest BCUT2D eigenvalue weighted by Crippen LogP contribution is 2.23. The number of carbonyl (C=O) groups excluding carboxylic acids is 1. The van der Waals surface area contributed by atoms with Crippen molar-refractivity contribution < 1.29 is 4.79 Å². The fourth-order valence-corrected chi connectivity index (χ4v) is 2.28. The van der Waals surface area contributed by atoms with Gasteiger partial charge in [0.05, 0.1) is 5.25 Å². The number of aromatic nitrogens is 4. The molecule has 18 heavy (non-hydrogen) atoms. The zero-order valence-electron chi connectivity index (χ0n) is 9.91. The number of hydrogen-bond acceptors (Lipinski definition) is 5.